The van der Waals surface area contributed by atoms with Gasteiger partial charge in [0, 0.05) is 10.0 Å². The second kappa shape index (κ2) is 9.88. The number of sulfone groups is 1. The van der Waals surface area contributed by atoms with Crippen molar-refractivity contribution in [2.24, 2.45) is 0 Å². The molecule has 3 rings (SSSR count). The molecule has 0 radical (unpaired) electrons. The molecular formula is C23H17Cl2NO4S. The topological polar surface area (TPSA) is 76.4 Å². The number of allylic oxidation sites excluding steroid dienone is 1. The summed E-state index contributed by atoms with van der Waals surface area (Å²) in [5, 5.41) is 10.5. The Morgan fingerprint density at radius 3 is 2.16 bits per heavy atom. The molecule has 0 heterocycles. The van der Waals surface area contributed by atoms with E-state index in [1.807, 2.05) is 12.1 Å². The van der Waals surface area contributed by atoms with Gasteiger partial charge in [0.25, 0.3) is 0 Å². The van der Waals surface area contributed by atoms with Gasteiger partial charge in [-0.15, -0.1) is 0 Å². The first kappa shape index (κ1) is 22.7. The van der Waals surface area contributed by atoms with Gasteiger partial charge < -0.3 is 9.47 Å². The SMILES string of the molecule is COc1cc(/C=C(\C#N)S(=O)(=O)c2ccc(Cl)cc2)ccc1OCc1ccc(Cl)cc1. The predicted molar refractivity (Wildman–Crippen MR) is 121 cm³/mol. The number of hydrogen-bond acceptors (Lipinski definition) is 5. The van der Waals surface area contributed by atoms with Crippen LogP contribution in [0.3, 0.4) is 0 Å². The van der Waals surface area contributed by atoms with Gasteiger partial charge in [0.05, 0.1) is 12.0 Å². The standard InChI is InChI=1S/C23H17Cl2NO4S/c1-29-23-13-17(4-11-22(23)30-15-16-2-5-18(24)6-3-16)12-21(14-26)31(27,28)20-9-7-19(25)8-10-20/h2-13H,15H2,1H3/b21-12+. The molecule has 158 valence electrons. The number of nitrogens with zero attached hydrogens (tertiary/aromatic N) is 1. The van der Waals surface area contributed by atoms with Crippen LogP contribution in [0.1, 0.15) is 11.1 Å². The zero-order valence-electron chi connectivity index (χ0n) is 16.4. The molecule has 5 nitrogen and oxygen atoms in total. The van der Waals surface area contributed by atoms with Crippen molar-refractivity contribution in [1.29, 1.82) is 5.26 Å². The molecule has 0 N–H and O–H groups in total. The Kier molecular flexibility index (Phi) is 7.24. The summed E-state index contributed by atoms with van der Waals surface area (Å²) in [5.41, 5.74) is 1.40. The van der Waals surface area contributed by atoms with E-state index in [1.54, 1.807) is 36.4 Å². The highest BCUT2D eigenvalue weighted by molar-refractivity contribution is 7.95. The summed E-state index contributed by atoms with van der Waals surface area (Å²) >= 11 is 11.7. The van der Waals surface area contributed by atoms with E-state index < -0.39 is 14.7 Å². The van der Waals surface area contributed by atoms with Crippen LogP contribution in [-0.2, 0) is 16.4 Å². The fourth-order valence-corrected chi connectivity index (χ4v) is 4.11. The van der Waals surface area contributed by atoms with Crippen molar-refractivity contribution >= 4 is 39.1 Å². The molecule has 0 aliphatic heterocycles. The lowest BCUT2D eigenvalue weighted by molar-refractivity contribution is 0.284. The first-order valence-electron chi connectivity index (χ1n) is 9.01. The second-order valence-electron chi connectivity index (χ2n) is 6.40. The Balaban J connectivity index is 1.86. The van der Waals surface area contributed by atoms with Gasteiger partial charge in [0.15, 0.2) is 11.5 Å². The Hall–Kier alpha value is -2.98. The van der Waals surface area contributed by atoms with Crippen molar-refractivity contribution in [3.63, 3.8) is 0 Å². The number of hydrogen-bond donors (Lipinski definition) is 0. The zero-order chi connectivity index (χ0) is 22.4. The Morgan fingerprint density at radius 1 is 0.968 bits per heavy atom. The van der Waals surface area contributed by atoms with Crippen LogP contribution in [0, 0.1) is 11.3 Å². The molecule has 0 aliphatic rings. The Bertz CT molecular complexity index is 1250. The van der Waals surface area contributed by atoms with Gasteiger partial charge in [-0.1, -0.05) is 41.4 Å². The largest absolute Gasteiger partial charge is 0.493 e. The lowest BCUT2D eigenvalue weighted by Crippen LogP contribution is -2.03. The average Bonchev–Trinajstić information content (AvgIpc) is 2.77. The first-order valence-corrected chi connectivity index (χ1v) is 11.2. The van der Waals surface area contributed by atoms with Crippen LogP contribution in [0.25, 0.3) is 6.08 Å². The molecule has 0 atom stereocenters. The quantitative estimate of drug-likeness (QED) is 0.398. The summed E-state index contributed by atoms with van der Waals surface area (Å²) in [5.74, 6) is 0.887. The number of rotatable bonds is 7. The molecule has 0 saturated heterocycles. The van der Waals surface area contributed by atoms with Crippen molar-refractivity contribution in [2.45, 2.75) is 11.5 Å². The minimum atomic E-state index is -3.99. The lowest BCUT2D eigenvalue weighted by Gasteiger charge is -2.12. The summed E-state index contributed by atoms with van der Waals surface area (Å²) in [7, 11) is -2.51. The van der Waals surface area contributed by atoms with E-state index in [2.05, 4.69) is 0 Å². The highest BCUT2D eigenvalue weighted by atomic mass is 35.5. The summed E-state index contributed by atoms with van der Waals surface area (Å²) in [6.07, 6.45) is 1.29. The molecule has 0 bridgehead atoms. The number of halogens is 2. The summed E-state index contributed by atoms with van der Waals surface area (Å²) in [6, 6.07) is 19.6. The number of methoxy groups -OCH3 is 1. The highest BCUT2D eigenvalue weighted by Crippen LogP contribution is 2.31. The van der Waals surface area contributed by atoms with E-state index in [-0.39, 0.29) is 4.90 Å². The third-order valence-electron chi connectivity index (χ3n) is 4.32. The molecule has 0 unspecified atom stereocenters. The molecule has 0 spiro atoms. The lowest BCUT2D eigenvalue weighted by atomic mass is 10.2. The van der Waals surface area contributed by atoms with Gasteiger partial charge in [0.2, 0.25) is 9.84 Å². The van der Waals surface area contributed by atoms with E-state index in [4.69, 9.17) is 32.7 Å². The first-order chi connectivity index (χ1) is 14.8. The van der Waals surface area contributed by atoms with E-state index in [0.29, 0.717) is 33.7 Å². The van der Waals surface area contributed by atoms with E-state index in [0.717, 1.165) is 5.56 Å². The van der Waals surface area contributed by atoms with Gasteiger partial charge in [0.1, 0.15) is 17.6 Å². The summed E-state index contributed by atoms with van der Waals surface area (Å²) < 4.78 is 36.7. The third-order valence-corrected chi connectivity index (χ3v) is 6.50. The molecular weight excluding hydrogens is 457 g/mol. The maximum Gasteiger partial charge on any atom is 0.216 e. The van der Waals surface area contributed by atoms with Crippen LogP contribution < -0.4 is 9.47 Å². The van der Waals surface area contributed by atoms with Crippen molar-refractivity contribution < 1.29 is 17.9 Å². The van der Waals surface area contributed by atoms with Crippen LogP contribution in [-0.4, -0.2) is 15.5 Å². The Morgan fingerprint density at radius 2 is 1.58 bits per heavy atom. The van der Waals surface area contributed by atoms with Gasteiger partial charge in [-0.25, -0.2) is 8.42 Å². The van der Waals surface area contributed by atoms with Gasteiger partial charge in [-0.3, -0.25) is 0 Å². The van der Waals surface area contributed by atoms with Crippen LogP contribution in [0.2, 0.25) is 10.0 Å². The van der Waals surface area contributed by atoms with Crippen LogP contribution in [0.15, 0.2) is 76.5 Å². The van der Waals surface area contributed by atoms with Crippen molar-refractivity contribution in [3.05, 3.63) is 92.8 Å². The van der Waals surface area contributed by atoms with Crippen LogP contribution in [0.4, 0.5) is 0 Å². The third kappa shape index (κ3) is 5.59. The fraction of sp³-hybridized carbons (Fsp3) is 0.0870. The number of benzene rings is 3. The van der Waals surface area contributed by atoms with Crippen LogP contribution >= 0.6 is 23.2 Å². The molecule has 0 aliphatic carbocycles. The molecule has 31 heavy (non-hydrogen) atoms. The smallest absolute Gasteiger partial charge is 0.216 e. The van der Waals surface area contributed by atoms with Crippen molar-refractivity contribution in [1.82, 2.24) is 0 Å². The summed E-state index contributed by atoms with van der Waals surface area (Å²) in [4.78, 5) is -0.411. The monoisotopic (exact) mass is 473 g/mol. The molecule has 3 aromatic rings. The van der Waals surface area contributed by atoms with Crippen molar-refractivity contribution in [3.8, 4) is 17.6 Å². The van der Waals surface area contributed by atoms with Gasteiger partial charge in [-0.05, 0) is 65.7 Å². The minimum absolute atomic E-state index is 0.0143. The van der Waals surface area contributed by atoms with Gasteiger partial charge in [-0.2, -0.15) is 5.26 Å². The zero-order valence-corrected chi connectivity index (χ0v) is 18.7. The predicted octanol–water partition coefficient (Wildman–Crippen LogP) is 5.92. The van der Waals surface area contributed by atoms with E-state index >= 15 is 0 Å². The van der Waals surface area contributed by atoms with E-state index in [1.165, 1.54) is 37.5 Å². The number of nitriles is 1. The molecule has 0 fully saturated rings. The highest BCUT2D eigenvalue weighted by Gasteiger charge is 2.21. The Labute approximate surface area is 191 Å². The van der Waals surface area contributed by atoms with Crippen molar-refractivity contribution in [2.75, 3.05) is 7.11 Å². The summed E-state index contributed by atoms with van der Waals surface area (Å²) in [6.45, 7) is 0.303. The molecule has 0 aromatic heterocycles. The molecule has 8 heteroatoms. The molecule has 0 amide bonds. The average molecular weight is 474 g/mol. The number of ether oxygens (including phenoxy) is 2. The fourth-order valence-electron chi connectivity index (χ4n) is 2.70. The second-order valence-corrected chi connectivity index (χ2v) is 9.19. The van der Waals surface area contributed by atoms with E-state index in [9.17, 15) is 13.7 Å². The molecule has 3 aromatic carbocycles. The minimum Gasteiger partial charge on any atom is -0.493 e. The molecule has 0 saturated carbocycles. The maximum atomic E-state index is 12.8. The van der Waals surface area contributed by atoms with Crippen LogP contribution in [0.5, 0.6) is 11.5 Å². The normalized spacial score (nSPS) is 11.6. The maximum absolute atomic E-state index is 12.8. The van der Waals surface area contributed by atoms with Gasteiger partial charge >= 0.3 is 0 Å².